The SMILES string of the molecule is O=C(O)CNC(=O)c1c(O)c2c(OCc3ccc(F)cc3)cccc2oc1=O. The number of fused-ring (bicyclic) bond motifs is 1. The van der Waals surface area contributed by atoms with Crippen molar-refractivity contribution in [2.24, 2.45) is 0 Å². The van der Waals surface area contributed by atoms with Crippen molar-refractivity contribution in [3.05, 3.63) is 69.8 Å². The van der Waals surface area contributed by atoms with E-state index in [1.807, 2.05) is 5.32 Å². The average molecular weight is 387 g/mol. The molecule has 0 aliphatic heterocycles. The molecule has 0 saturated carbocycles. The van der Waals surface area contributed by atoms with E-state index in [2.05, 4.69) is 0 Å². The molecule has 3 rings (SSSR count). The van der Waals surface area contributed by atoms with E-state index in [1.165, 1.54) is 42.5 Å². The van der Waals surface area contributed by atoms with Gasteiger partial charge in [0.25, 0.3) is 5.91 Å². The number of ether oxygens (including phenoxy) is 1. The van der Waals surface area contributed by atoms with Crippen LogP contribution in [0.5, 0.6) is 11.5 Å². The molecule has 0 saturated heterocycles. The van der Waals surface area contributed by atoms with Crippen LogP contribution >= 0.6 is 0 Å². The zero-order valence-corrected chi connectivity index (χ0v) is 14.3. The van der Waals surface area contributed by atoms with Crippen molar-refractivity contribution in [1.29, 1.82) is 0 Å². The molecule has 2 aromatic carbocycles. The van der Waals surface area contributed by atoms with Crippen molar-refractivity contribution < 1.29 is 33.3 Å². The van der Waals surface area contributed by atoms with Crippen molar-refractivity contribution in [1.82, 2.24) is 5.32 Å². The van der Waals surface area contributed by atoms with E-state index < -0.39 is 41.2 Å². The topological polar surface area (TPSA) is 126 Å². The first-order valence-electron chi connectivity index (χ1n) is 8.03. The summed E-state index contributed by atoms with van der Waals surface area (Å²) in [7, 11) is 0. The lowest BCUT2D eigenvalue weighted by atomic mass is 10.1. The number of rotatable bonds is 6. The Balaban J connectivity index is 1.98. The summed E-state index contributed by atoms with van der Waals surface area (Å²) in [6.45, 7) is -0.711. The summed E-state index contributed by atoms with van der Waals surface area (Å²) < 4.78 is 23.7. The van der Waals surface area contributed by atoms with E-state index in [-0.39, 0.29) is 23.3 Å². The smallest absolute Gasteiger partial charge is 0.353 e. The molecular formula is C19H14FNO7. The number of amides is 1. The standard InChI is InChI=1S/C19H14FNO7/c20-11-6-4-10(5-7-11)9-27-12-2-1-3-13-15(12)17(24)16(19(26)28-13)18(25)21-8-14(22)23/h1-7,24H,8-9H2,(H,21,25)(H,22,23). The molecule has 1 amide bonds. The van der Waals surface area contributed by atoms with Gasteiger partial charge >= 0.3 is 11.6 Å². The summed E-state index contributed by atoms with van der Waals surface area (Å²) in [6, 6.07) is 9.99. The number of aromatic hydroxyl groups is 1. The van der Waals surface area contributed by atoms with Gasteiger partial charge < -0.3 is 24.7 Å². The first kappa shape index (κ1) is 18.9. The van der Waals surface area contributed by atoms with Crippen LogP contribution in [0.15, 0.2) is 51.7 Å². The average Bonchev–Trinajstić information content (AvgIpc) is 2.65. The van der Waals surface area contributed by atoms with Gasteiger partial charge in [-0.25, -0.2) is 9.18 Å². The van der Waals surface area contributed by atoms with Gasteiger partial charge in [-0.3, -0.25) is 9.59 Å². The second-order valence-corrected chi connectivity index (χ2v) is 5.73. The fourth-order valence-electron chi connectivity index (χ4n) is 2.51. The normalized spacial score (nSPS) is 10.6. The summed E-state index contributed by atoms with van der Waals surface area (Å²) >= 11 is 0. The lowest BCUT2D eigenvalue weighted by Gasteiger charge is -2.12. The Labute approximate surface area is 156 Å². The van der Waals surface area contributed by atoms with E-state index in [0.29, 0.717) is 5.56 Å². The summed E-state index contributed by atoms with van der Waals surface area (Å²) in [5.74, 6) is -3.38. The predicted octanol–water partition coefficient (Wildman–Crippen LogP) is 2.03. The zero-order chi connectivity index (χ0) is 20.3. The highest BCUT2D eigenvalue weighted by Crippen LogP contribution is 2.34. The number of halogens is 1. The van der Waals surface area contributed by atoms with Gasteiger partial charge in [0.05, 0.1) is 0 Å². The van der Waals surface area contributed by atoms with E-state index in [0.717, 1.165) is 0 Å². The van der Waals surface area contributed by atoms with Gasteiger partial charge in [-0.1, -0.05) is 18.2 Å². The van der Waals surface area contributed by atoms with Crippen LogP contribution in [0.4, 0.5) is 4.39 Å². The van der Waals surface area contributed by atoms with E-state index >= 15 is 0 Å². The second-order valence-electron chi connectivity index (χ2n) is 5.73. The number of carbonyl (C=O) groups is 2. The van der Waals surface area contributed by atoms with Gasteiger partial charge in [0.1, 0.15) is 35.7 Å². The molecule has 9 heteroatoms. The number of nitrogens with one attached hydrogen (secondary N) is 1. The third-order valence-electron chi connectivity index (χ3n) is 3.80. The molecule has 0 fully saturated rings. The van der Waals surface area contributed by atoms with Gasteiger partial charge in [-0.05, 0) is 29.8 Å². The minimum atomic E-state index is -1.32. The third-order valence-corrected chi connectivity index (χ3v) is 3.80. The summed E-state index contributed by atoms with van der Waals surface area (Å²) in [5.41, 5.74) is -1.22. The number of hydrogen-bond acceptors (Lipinski definition) is 6. The predicted molar refractivity (Wildman–Crippen MR) is 94.8 cm³/mol. The van der Waals surface area contributed by atoms with Crippen LogP contribution in [0.25, 0.3) is 11.0 Å². The second kappa shape index (κ2) is 7.78. The van der Waals surface area contributed by atoms with Gasteiger partial charge in [0.15, 0.2) is 11.3 Å². The molecule has 1 aromatic heterocycles. The number of carboxylic acids is 1. The lowest BCUT2D eigenvalue weighted by Crippen LogP contribution is -2.32. The number of hydrogen-bond donors (Lipinski definition) is 3. The van der Waals surface area contributed by atoms with Crippen molar-refractivity contribution in [3.63, 3.8) is 0 Å². The van der Waals surface area contributed by atoms with Crippen LogP contribution in [-0.2, 0) is 11.4 Å². The Morgan fingerprint density at radius 2 is 1.86 bits per heavy atom. The molecule has 0 atom stereocenters. The van der Waals surface area contributed by atoms with E-state index in [4.69, 9.17) is 14.3 Å². The molecule has 0 radical (unpaired) electrons. The summed E-state index contributed by atoms with van der Waals surface area (Å²) in [4.78, 5) is 34.7. The fraction of sp³-hybridized carbons (Fsp3) is 0.105. The molecule has 1 heterocycles. The number of carbonyl (C=O) groups excluding carboxylic acids is 1. The first-order valence-corrected chi connectivity index (χ1v) is 8.03. The third kappa shape index (κ3) is 3.93. The number of aliphatic carboxylic acids is 1. The van der Waals surface area contributed by atoms with Crippen LogP contribution in [0, 0.1) is 5.82 Å². The minimum absolute atomic E-state index is 0.0195. The summed E-state index contributed by atoms with van der Waals surface area (Å²) in [6.07, 6.45) is 0. The minimum Gasteiger partial charge on any atom is -0.506 e. The van der Waals surface area contributed by atoms with Crippen LogP contribution in [0.2, 0.25) is 0 Å². The molecule has 0 spiro atoms. The zero-order valence-electron chi connectivity index (χ0n) is 14.3. The maximum Gasteiger partial charge on any atom is 0.353 e. The quantitative estimate of drug-likeness (QED) is 0.553. The van der Waals surface area contributed by atoms with E-state index in [9.17, 15) is 23.9 Å². The molecule has 3 aromatic rings. The molecule has 3 N–H and O–H groups in total. The van der Waals surface area contributed by atoms with Crippen molar-refractivity contribution in [2.45, 2.75) is 6.61 Å². The van der Waals surface area contributed by atoms with Crippen LogP contribution in [-0.4, -0.2) is 28.6 Å². The van der Waals surface area contributed by atoms with Gasteiger partial charge in [-0.15, -0.1) is 0 Å². The molecule has 8 nitrogen and oxygen atoms in total. The Morgan fingerprint density at radius 3 is 2.54 bits per heavy atom. The molecule has 28 heavy (non-hydrogen) atoms. The van der Waals surface area contributed by atoms with Gasteiger partial charge in [0, 0.05) is 0 Å². The van der Waals surface area contributed by atoms with Gasteiger partial charge in [0.2, 0.25) is 0 Å². The van der Waals surface area contributed by atoms with Gasteiger partial charge in [-0.2, -0.15) is 0 Å². The Hall–Kier alpha value is -3.88. The highest BCUT2D eigenvalue weighted by Gasteiger charge is 2.23. The maximum atomic E-state index is 13.0. The molecular weight excluding hydrogens is 373 g/mol. The van der Waals surface area contributed by atoms with Crippen LogP contribution < -0.4 is 15.7 Å². The Kier molecular flexibility index (Phi) is 5.25. The monoisotopic (exact) mass is 387 g/mol. The molecule has 0 bridgehead atoms. The lowest BCUT2D eigenvalue weighted by molar-refractivity contribution is -0.135. The number of benzene rings is 2. The van der Waals surface area contributed by atoms with E-state index in [1.54, 1.807) is 0 Å². The molecule has 0 unspecified atom stereocenters. The molecule has 0 aliphatic rings. The summed E-state index contributed by atoms with van der Waals surface area (Å²) in [5, 5.41) is 21.1. The highest BCUT2D eigenvalue weighted by atomic mass is 19.1. The maximum absolute atomic E-state index is 13.0. The van der Waals surface area contributed by atoms with Crippen LogP contribution in [0.3, 0.4) is 0 Å². The molecule has 0 aliphatic carbocycles. The van der Waals surface area contributed by atoms with Crippen LogP contribution in [0.1, 0.15) is 15.9 Å². The van der Waals surface area contributed by atoms with Crippen molar-refractivity contribution >= 4 is 22.8 Å². The Bertz CT molecular complexity index is 1110. The fourth-order valence-corrected chi connectivity index (χ4v) is 2.51. The largest absolute Gasteiger partial charge is 0.506 e. The van der Waals surface area contributed by atoms with Crippen molar-refractivity contribution in [2.75, 3.05) is 6.54 Å². The number of carboxylic acid groups (broad SMARTS) is 1. The molecule has 144 valence electrons. The highest BCUT2D eigenvalue weighted by molar-refractivity contribution is 6.03. The Morgan fingerprint density at radius 1 is 1.14 bits per heavy atom. The first-order chi connectivity index (χ1) is 13.4. The van der Waals surface area contributed by atoms with Crippen molar-refractivity contribution in [3.8, 4) is 11.5 Å².